The van der Waals surface area contributed by atoms with Crippen molar-refractivity contribution in [2.75, 3.05) is 6.54 Å². The van der Waals surface area contributed by atoms with E-state index in [1.54, 1.807) is 0 Å². The van der Waals surface area contributed by atoms with Crippen LogP contribution in [0.5, 0.6) is 5.75 Å². The summed E-state index contributed by atoms with van der Waals surface area (Å²) in [5.41, 5.74) is 0.0648. The zero-order valence-corrected chi connectivity index (χ0v) is 14.5. The van der Waals surface area contributed by atoms with Crippen molar-refractivity contribution in [3.63, 3.8) is 0 Å². The van der Waals surface area contributed by atoms with Crippen LogP contribution in [0.25, 0.3) is 0 Å². The van der Waals surface area contributed by atoms with E-state index >= 15 is 0 Å². The highest BCUT2D eigenvalue weighted by Gasteiger charge is 2.39. The molecule has 1 aromatic rings. The van der Waals surface area contributed by atoms with Crippen molar-refractivity contribution in [3.05, 3.63) is 29.8 Å². The van der Waals surface area contributed by atoms with E-state index in [-0.39, 0.29) is 25.0 Å². The smallest absolute Gasteiger partial charge is 0.311 e. The van der Waals surface area contributed by atoms with Crippen LogP contribution in [0.3, 0.4) is 0 Å². The van der Waals surface area contributed by atoms with Gasteiger partial charge in [-0.05, 0) is 44.4 Å². The van der Waals surface area contributed by atoms with Crippen LogP contribution in [-0.2, 0) is 16.0 Å². The molecule has 0 aliphatic heterocycles. The molecule has 1 aromatic carbocycles. The molecule has 1 fully saturated rings. The van der Waals surface area contributed by atoms with Crippen LogP contribution in [0.1, 0.15) is 51.5 Å². The first kappa shape index (κ1) is 18.3. The van der Waals surface area contributed by atoms with Crippen molar-refractivity contribution in [3.8, 4) is 5.75 Å². The fourth-order valence-corrected chi connectivity index (χ4v) is 3.21. The number of aliphatic carboxylic acids is 1. The normalized spacial score (nSPS) is 16.6. The molecule has 1 amide bonds. The Morgan fingerprint density at radius 3 is 2.58 bits per heavy atom. The minimum atomic E-state index is -0.796. The Bertz CT molecular complexity index is 576. The lowest BCUT2D eigenvalue weighted by Crippen LogP contribution is -2.44. The fourth-order valence-electron chi connectivity index (χ4n) is 3.21. The van der Waals surface area contributed by atoms with Gasteiger partial charge in [-0.2, -0.15) is 0 Å². The highest BCUT2D eigenvalue weighted by molar-refractivity contribution is 5.80. The molecule has 1 aliphatic rings. The summed E-state index contributed by atoms with van der Waals surface area (Å²) in [6.07, 6.45) is 4.49. The lowest BCUT2D eigenvalue weighted by Gasteiger charge is -2.33. The van der Waals surface area contributed by atoms with Crippen LogP contribution in [0, 0.1) is 5.41 Å². The second kappa shape index (κ2) is 8.18. The Labute approximate surface area is 143 Å². The Morgan fingerprint density at radius 2 is 1.96 bits per heavy atom. The number of hydrogen-bond acceptors (Lipinski definition) is 3. The zero-order valence-electron chi connectivity index (χ0n) is 14.5. The van der Waals surface area contributed by atoms with E-state index < -0.39 is 11.4 Å². The lowest BCUT2D eigenvalue weighted by atomic mass is 9.74. The molecule has 0 unspecified atom stereocenters. The quantitative estimate of drug-likeness (QED) is 0.803. The molecule has 0 radical (unpaired) electrons. The number of carbonyl (C=O) groups is 2. The second-order valence-electron chi connectivity index (χ2n) is 6.91. The topological polar surface area (TPSA) is 75.6 Å². The van der Waals surface area contributed by atoms with E-state index in [1.165, 1.54) is 0 Å². The summed E-state index contributed by atoms with van der Waals surface area (Å²) < 4.78 is 5.63. The Balaban J connectivity index is 1.92. The molecular formula is C19H27NO4. The van der Waals surface area contributed by atoms with Crippen LogP contribution < -0.4 is 10.1 Å². The number of ether oxygens (including phenoxy) is 1. The summed E-state index contributed by atoms with van der Waals surface area (Å²) in [5.74, 6) is -0.206. The van der Waals surface area contributed by atoms with Gasteiger partial charge in [-0.25, -0.2) is 0 Å². The monoisotopic (exact) mass is 333 g/mol. The first-order valence-corrected chi connectivity index (χ1v) is 8.67. The van der Waals surface area contributed by atoms with Crippen molar-refractivity contribution in [2.24, 2.45) is 5.41 Å². The average Bonchev–Trinajstić information content (AvgIpc) is 2.53. The number of carboxylic acid groups (broad SMARTS) is 1. The van der Waals surface area contributed by atoms with Gasteiger partial charge >= 0.3 is 5.97 Å². The summed E-state index contributed by atoms with van der Waals surface area (Å²) in [6.45, 7) is 4.12. The number of carbonyl (C=O) groups excluding carboxylic acids is 1. The minimum absolute atomic E-state index is 0.0794. The van der Waals surface area contributed by atoms with Gasteiger partial charge in [0.25, 0.3) is 0 Å². The molecule has 24 heavy (non-hydrogen) atoms. The van der Waals surface area contributed by atoms with E-state index in [9.17, 15) is 14.7 Å². The number of hydrogen-bond donors (Lipinski definition) is 2. The van der Waals surface area contributed by atoms with Gasteiger partial charge in [0.1, 0.15) is 5.75 Å². The molecule has 0 bridgehead atoms. The number of rotatable bonds is 7. The van der Waals surface area contributed by atoms with Crippen LogP contribution >= 0.6 is 0 Å². The average molecular weight is 333 g/mol. The predicted molar refractivity (Wildman–Crippen MR) is 92.1 cm³/mol. The maximum Gasteiger partial charge on any atom is 0.311 e. The molecule has 1 saturated carbocycles. The summed E-state index contributed by atoms with van der Waals surface area (Å²) >= 11 is 0. The predicted octanol–water partition coefficient (Wildman–Crippen LogP) is 3.17. The van der Waals surface area contributed by atoms with Gasteiger partial charge in [0, 0.05) is 6.54 Å². The van der Waals surface area contributed by atoms with Crippen molar-refractivity contribution < 1.29 is 19.4 Å². The third-order valence-corrected chi connectivity index (χ3v) is 4.52. The van der Waals surface area contributed by atoms with Gasteiger partial charge in [0.15, 0.2) is 0 Å². The lowest BCUT2D eigenvalue weighted by molar-refractivity contribution is -0.151. The molecule has 1 aliphatic carbocycles. The highest BCUT2D eigenvalue weighted by Crippen LogP contribution is 2.36. The van der Waals surface area contributed by atoms with Crippen LogP contribution in [0.2, 0.25) is 0 Å². The van der Waals surface area contributed by atoms with E-state index in [2.05, 4.69) is 5.32 Å². The minimum Gasteiger partial charge on any atom is -0.491 e. The van der Waals surface area contributed by atoms with Crippen LogP contribution in [0.4, 0.5) is 0 Å². The third-order valence-electron chi connectivity index (χ3n) is 4.52. The fraction of sp³-hybridized carbons (Fsp3) is 0.579. The summed E-state index contributed by atoms with van der Waals surface area (Å²) in [4.78, 5) is 23.8. The molecule has 0 saturated heterocycles. The second-order valence-corrected chi connectivity index (χ2v) is 6.91. The molecule has 0 atom stereocenters. The van der Waals surface area contributed by atoms with Gasteiger partial charge in [0.2, 0.25) is 5.91 Å². The standard InChI is InChI=1S/C19H27NO4/c1-14(2)24-16-8-6-7-15(11-16)12-17(21)20-13-19(18(22)23)9-4-3-5-10-19/h6-8,11,14H,3-5,9-10,12-13H2,1-2H3,(H,20,21)(H,22,23). The van der Waals surface area contributed by atoms with E-state index in [0.717, 1.165) is 30.6 Å². The maximum absolute atomic E-state index is 12.2. The molecule has 5 heteroatoms. The molecule has 0 spiro atoms. The zero-order chi connectivity index (χ0) is 17.6. The van der Waals surface area contributed by atoms with Crippen molar-refractivity contribution in [2.45, 2.75) is 58.5 Å². The van der Waals surface area contributed by atoms with Crippen LogP contribution in [-0.4, -0.2) is 29.6 Å². The number of carboxylic acids is 1. The highest BCUT2D eigenvalue weighted by atomic mass is 16.5. The first-order valence-electron chi connectivity index (χ1n) is 8.67. The first-order chi connectivity index (χ1) is 11.4. The van der Waals surface area contributed by atoms with Gasteiger partial charge < -0.3 is 15.2 Å². The van der Waals surface area contributed by atoms with E-state index in [0.29, 0.717) is 12.8 Å². The van der Waals surface area contributed by atoms with Crippen molar-refractivity contribution in [1.29, 1.82) is 0 Å². The summed E-state index contributed by atoms with van der Waals surface area (Å²) in [6, 6.07) is 7.45. The van der Waals surface area contributed by atoms with Gasteiger partial charge in [-0.1, -0.05) is 31.4 Å². The molecule has 0 heterocycles. The Kier molecular flexibility index (Phi) is 6.23. The molecule has 2 rings (SSSR count). The molecule has 5 nitrogen and oxygen atoms in total. The SMILES string of the molecule is CC(C)Oc1cccc(CC(=O)NCC2(C(=O)O)CCCCC2)c1. The molecule has 0 aromatic heterocycles. The van der Waals surface area contributed by atoms with E-state index in [1.807, 2.05) is 38.1 Å². The van der Waals surface area contributed by atoms with Gasteiger partial charge in [0.05, 0.1) is 17.9 Å². The van der Waals surface area contributed by atoms with Gasteiger partial charge in [-0.15, -0.1) is 0 Å². The van der Waals surface area contributed by atoms with E-state index in [4.69, 9.17) is 4.74 Å². The number of amides is 1. The molecule has 2 N–H and O–H groups in total. The number of benzene rings is 1. The summed E-state index contributed by atoms with van der Waals surface area (Å²) in [7, 11) is 0. The molecule has 132 valence electrons. The maximum atomic E-state index is 12.2. The number of nitrogens with one attached hydrogen (secondary N) is 1. The Morgan fingerprint density at radius 1 is 1.25 bits per heavy atom. The van der Waals surface area contributed by atoms with Crippen molar-refractivity contribution in [1.82, 2.24) is 5.32 Å². The molecular weight excluding hydrogens is 306 g/mol. The summed E-state index contributed by atoms with van der Waals surface area (Å²) in [5, 5.41) is 12.4. The van der Waals surface area contributed by atoms with Crippen LogP contribution in [0.15, 0.2) is 24.3 Å². The Hall–Kier alpha value is -2.04. The van der Waals surface area contributed by atoms with Gasteiger partial charge in [-0.3, -0.25) is 9.59 Å². The largest absolute Gasteiger partial charge is 0.491 e. The van der Waals surface area contributed by atoms with Crippen molar-refractivity contribution >= 4 is 11.9 Å². The third kappa shape index (κ3) is 4.98.